The lowest BCUT2D eigenvalue weighted by Crippen LogP contribution is -2.15. The molecule has 0 bridgehead atoms. The van der Waals surface area contributed by atoms with Gasteiger partial charge in [0.15, 0.2) is 0 Å². The van der Waals surface area contributed by atoms with Crippen molar-refractivity contribution in [3.8, 4) is 0 Å². The van der Waals surface area contributed by atoms with E-state index in [4.69, 9.17) is 9.47 Å². The number of aliphatic hydroxyl groups is 1. The van der Waals surface area contributed by atoms with Crippen molar-refractivity contribution in [2.75, 3.05) is 20.0 Å². The van der Waals surface area contributed by atoms with Gasteiger partial charge in [0.05, 0.1) is 6.10 Å². The van der Waals surface area contributed by atoms with Crippen molar-refractivity contribution in [2.45, 2.75) is 126 Å². The maximum atomic E-state index is 9.60. The van der Waals surface area contributed by atoms with E-state index in [1.54, 1.807) is 0 Å². The van der Waals surface area contributed by atoms with E-state index in [9.17, 15) is 5.11 Å². The fraction of sp³-hybridized carbons (Fsp3) is 1.00. The molecule has 0 aliphatic rings. The molecule has 8 unspecified atom stereocenters. The van der Waals surface area contributed by atoms with E-state index in [0.717, 1.165) is 61.6 Å². The molecule has 0 amide bonds. The normalized spacial score (nSPS) is 19.7. The Balaban J connectivity index is 4.01. The molecule has 8 atom stereocenters. The smallest absolute Gasteiger partial charge is 0.146 e. The van der Waals surface area contributed by atoms with Crippen LogP contribution in [0.15, 0.2) is 0 Å². The van der Waals surface area contributed by atoms with E-state index in [1.165, 1.54) is 44.9 Å². The monoisotopic (exact) mass is 456 g/mol. The highest BCUT2D eigenvalue weighted by Crippen LogP contribution is 2.30. The van der Waals surface area contributed by atoms with Crippen molar-refractivity contribution >= 4 is 0 Å². The van der Waals surface area contributed by atoms with Gasteiger partial charge in [-0.05, 0) is 113 Å². The van der Waals surface area contributed by atoms with Crippen LogP contribution in [0.4, 0.5) is 0 Å². The molecule has 0 aromatic rings. The molecule has 0 aromatic carbocycles. The van der Waals surface area contributed by atoms with Gasteiger partial charge in [-0.1, -0.05) is 48.5 Å². The maximum Gasteiger partial charge on any atom is 0.146 e. The molecule has 3 nitrogen and oxygen atoms in total. The first kappa shape index (κ1) is 31.9. The summed E-state index contributed by atoms with van der Waals surface area (Å²) < 4.78 is 10.7. The molecule has 0 saturated carbocycles. The lowest BCUT2D eigenvalue weighted by molar-refractivity contribution is -0.0508. The van der Waals surface area contributed by atoms with E-state index in [0.29, 0.717) is 12.7 Å². The summed E-state index contributed by atoms with van der Waals surface area (Å²) in [5.74, 6) is 5.41. The van der Waals surface area contributed by atoms with Gasteiger partial charge in [0.25, 0.3) is 0 Å². The van der Waals surface area contributed by atoms with E-state index < -0.39 is 0 Å². The zero-order valence-electron chi connectivity index (χ0n) is 23.4. The van der Waals surface area contributed by atoms with Crippen LogP contribution < -0.4 is 0 Å². The van der Waals surface area contributed by atoms with Crippen molar-refractivity contribution in [2.24, 2.45) is 41.4 Å². The number of hydrogen-bond acceptors (Lipinski definition) is 3. The summed E-state index contributed by atoms with van der Waals surface area (Å²) in [5, 5.41) is 9.60. The highest BCUT2D eigenvalue weighted by Gasteiger charge is 2.19. The quantitative estimate of drug-likeness (QED) is 0.139. The third-order valence-electron chi connectivity index (χ3n) is 6.93. The molecule has 0 heterocycles. The van der Waals surface area contributed by atoms with Crippen LogP contribution in [0.3, 0.4) is 0 Å². The molecular formula is C29H60O3. The van der Waals surface area contributed by atoms with Crippen LogP contribution in [-0.2, 0) is 9.47 Å². The Kier molecular flexibility index (Phi) is 19.1. The van der Waals surface area contributed by atoms with Gasteiger partial charge < -0.3 is 14.6 Å². The van der Waals surface area contributed by atoms with Crippen LogP contribution in [0.5, 0.6) is 0 Å². The largest absolute Gasteiger partial charge is 0.393 e. The minimum absolute atomic E-state index is 0.166. The molecule has 0 aliphatic heterocycles. The van der Waals surface area contributed by atoms with Gasteiger partial charge in [-0.15, -0.1) is 0 Å². The van der Waals surface area contributed by atoms with E-state index in [-0.39, 0.29) is 6.10 Å². The molecule has 3 heteroatoms. The molecule has 1 N–H and O–H groups in total. The molecule has 32 heavy (non-hydrogen) atoms. The van der Waals surface area contributed by atoms with Crippen LogP contribution in [0.2, 0.25) is 0 Å². The first-order chi connectivity index (χ1) is 15.0. The Morgan fingerprint density at radius 3 is 1.28 bits per heavy atom. The fourth-order valence-electron chi connectivity index (χ4n) is 6.13. The van der Waals surface area contributed by atoms with E-state index in [2.05, 4.69) is 48.5 Å². The molecule has 0 aromatic heterocycles. The highest BCUT2D eigenvalue weighted by molar-refractivity contribution is 4.70. The SMILES string of the molecule is CCOCOCCCC(C)CC(C)CC(C)CC(C)CC(C)CC(C)CC(C)CC(C)O. The second-order valence-corrected chi connectivity index (χ2v) is 11.9. The molecule has 0 rings (SSSR count). The Labute approximate surface area is 202 Å². The number of aliphatic hydroxyl groups excluding tert-OH is 1. The van der Waals surface area contributed by atoms with E-state index in [1.807, 2.05) is 13.8 Å². The van der Waals surface area contributed by atoms with Gasteiger partial charge in [0, 0.05) is 13.2 Å². The first-order valence-electron chi connectivity index (χ1n) is 13.9. The predicted octanol–water partition coefficient (Wildman–Crippen LogP) is 8.34. The summed E-state index contributed by atoms with van der Waals surface area (Å²) in [5.41, 5.74) is 0. The topological polar surface area (TPSA) is 38.7 Å². The molecule has 0 saturated heterocycles. The minimum atomic E-state index is -0.166. The standard InChI is InChI=1S/C29H60O3/c1-10-31-21-32-13-11-12-22(2)14-23(3)15-24(4)16-25(5)17-26(6)18-27(7)19-28(8)20-29(9)30/h22-30H,10-21H2,1-9H3. The van der Waals surface area contributed by atoms with Gasteiger partial charge in [0.2, 0.25) is 0 Å². The van der Waals surface area contributed by atoms with Gasteiger partial charge in [-0.25, -0.2) is 0 Å². The van der Waals surface area contributed by atoms with Crippen LogP contribution >= 0.6 is 0 Å². The Morgan fingerprint density at radius 2 is 0.906 bits per heavy atom. The Bertz CT molecular complexity index is 411. The fourth-order valence-corrected chi connectivity index (χ4v) is 6.13. The lowest BCUT2D eigenvalue weighted by atomic mass is 9.80. The number of rotatable bonds is 21. The molecular weight excluding hydrogens is 396 g/mol. The van der Waals surface area contributed by atoms with Crippen molar-refractivity contribution < 1.29 is 14.6 Å². The number of ether oxygens (including phenoxy) is 2. The second-order valence-electron chi connectivity index (χ2n) is 11.9. The molecule has 0 aliphatic carbocycles. The average Bonchev–Trinajstić information content (AvgIpc) is 2.62. The van der Waals surface area contributed by atoms with Crippen molar-refractivity contribution in [3.63, 3.8) is 0 Å². The lowest BCUT2D eigenvalue weighted by Gasteiger charge is -2.26. The van der Waals surface area contributed by atoms with E-state index >= 15 is 0 Å². The number of hydrogen-bond donors (Lipinski definition) is 1. The summed E-state index contributed by atoms with van der Waals surface area (Å²) in [6, 6.07) is 0. The summed E-state index contributed by atoms with van der Waals surface area (Å²) in [6.45, 7) is 22.8. The second kappa shape index (κ2) is 19.2. The first-order valence-corrected chi connectivity index (χ1v) is 13.9. The third-order valence-corrected chi connectivity index (χ3v) is 6.93. The third kappa shape index (κ3) is 19.4. The van der Waals surface area contributed by atoms with Gasteiger partial charge in [0.1, 0.15) is 6.79 Å². The zero-order valence-corrected chi connectivity index (χ0v) is 23.4. The van der Waals surface area contributed by atoms with Crippen molar-refractivity contribution in [1.29, 1.82) is 0 Å². The molecule has 0 spiro atoms. The average molecular weight is 457 g/mol. The summed E-state index contributed by atoms with van der Waals surface area (Å²) in [6.07, 6.45) is 11.1. The summed E-state index contributed by atoms with van der Waals surface area (Å²) in [7, 11) is 0. The molecule has 194 valence electrons. The van der Waals surface area contributed by atoms with Crippen molar-refractivity contribution in [3.05, 3.63) is 0 Å². The van der Waals surface area contributed by atoms with Crippen LogP contribution in [0.1, 0.15) is 120 Å². The van der Waals surface area contributed by atoms with Gasteiger partial charge >= 0.3 is 0 Å². The minimum Gasteiger partial charge on any atom is -0.393 e. The van der Waals surface area contributed by atoms with Crippen LogP contribution in [-0.4, -0.2) is 31.2 Å². The molecule has 0 fully saturated rings. The van der Waals surface area contributed by atoms with Crippen LogP contribution in [0.25, 0.3) is 0 Å². The Morgan fingerprint density at radius 1 is 0.531 bits per heavy atom. The van der Waals surface area contributed by atoms with Gasteiger partial charge in [-0.2, -0.15) is 0 Å². The highest BCUT2D eigenvalue weighted by atomic mass is 16.7. The maximum absolute atomic E-state index is 9.60. The summed E-state index contributed by atoms with van der Waals surface area (Å²) >= 11 is 0. The Hall–Kier alpha value is -0.120. The van der Waals surface area contributed by atoms with Crippen molar-refractivity contribution in [1.82, 2.24) is 0 Å². The van der Waals surface area contributed by atoms with Gasteiger partial charge in [-0.3, -0.25) is 0 Å². The predicted molar refractivity (Wildman–Crippen MR) is 140 cm³/mol. The molecule has 0 radical (unpaired) electrons. The van der Waals surface area contributed by atoms with Crippen LogP contribution in [0, 0.1) is 41.4 Å². The zero-order chi connectivity index (χ0) is 24.5. The summed E-state index contributed by atoms with van der Waals surface area (Å²) in [4.78, 5) is 0.